The Labute approximate surface area is 694 Å². The quantitative estimate of drug-likeness (QED) is 0.0153. The predicted molar refractivity (Wildman–Crippen MR) is 435 cm³/mol. The number of nitrogens with one attached hydrogen (secondary N) is 16. The summed E-state index contributed by atoms with van der Waals surface area (Å²) in [4.78, 5) is 238. The van der Waals surface area contributed by atoms with Gasteiger partial charge in [-0.15, -0.1) is 0 Å². The fraction of sp³-hybridized carbons (Fsp3) is 0.710. The van der Waals surface area contributed by atoms with Crippen LogP contribution >= 0.6 is 0 Å². The molecular formula is C69H130N30O21. The van der Waals surface area contributed by atoms with Gasteiger partial charge in [-0.3, -0.25) is 91.7 Å². The first-order chi connectivity index (χ1) is 56.7. The third kappa shape index (κ3) is 47.8. The van der Waals surface area contributed by atoms with Crippen molar-refractivity contribution >= 4 is 118 Å². The van der Waals surface area contributed by atoms with Crippen LogP contribution in [0.1, 0.15) is 143 Å². The first-order valence-corrected chi connectivity index (χ1v) is 39.3. The first kappa shape index (κ1) is 108. The Morgan fingerprint density at radius 2 is 0.558 bits per heavy atom. The number of hydrogen-bond donors (Lipinski definition) is 31. The number of guanidine groups is 3. The molecule has 0 spiro atoms. The van der Waals surface area contributed by atoms with Crippen LogP contribution in [-0.2, 0) is 81.5 Å². The predicted octanol–water partition coefficient (Wildman–Crippen LogP) is -15.2. The summed E-state index contributed by atoms with van der Waals surface area (Å²) < 4.78 is 0. The Balaban J connectivity index is 6.26. The monoisotopic (exact) mass is 1720 g/mol. The number of amides is 16. The maximum atomic E-state index is 14.1. The van der Waals surface area contributed by atoms with Crippen molar-refractivity contribution in [2.24, 2.45) is 78.0 Å². The molecule has 16 amide bonds. The second kappa shape index (κ2) is 61.7. The van der Waals surface area contributed by atoms with Gasteiger partial charge in [0.1, 0.15) is 78.5 Å². The normalized spacial score (nSPS) is 14.4. The van der Waals surface area contributed by atoms with Gasteiger partial charge in [0, 0.05) is 19.6 Å². The zero-order valence-corrected chi connectivity index (χ0v) is 68.4. The topological polar surface area (TPSA) is 887 Å². The van der Waals surface area contributed by atoms with Crippen LogP contribution in [0.5, 0.6) is 0 Å². The molecule has 0 aliphatic rings. The van der Waals surface area contributed by atoms with Crippen LogP contribution in [0.25, 0.3) is 0 Å². The summed E-state index contributed by atoms with van der Waals surface area (Å²) >= 11 is 0. The molecule has 0 aromatic carbocycles. The van der Waals surface area contributed by atoms with Gasteiger partial charge in [0.05, 0.1) is 45.5 Å². The summed E-state index contributed by atoms with van der Waals surface area (Å²) in [6.45, 7) is 1.00. The number of aliphatic hydroxyl groups excluding tert-OH is 3. The van der Waals surface area contributed by atoms with Gasteiger partial charge in [0.2, 0.25) is 94.5 Å². The average molecular weight is 1720 g/mol. The zero-order chi connectivity index (χ0) is 91.0. The van der Waals surface area contributed by atoms with Crippen molar-refractivity contribution in [2.75, 3.05) is 85.2 Å². The van der Waals surface area contributed by atoms with Crippen LogP contribution in [0.4, 0.5) is 0 Å². The van der Waals surface area contributed by atoms with Crippen LogP contribution in [0.3, 0.4) is 0 Å². The highest BCUT2D eigenvalue weighted by Crippen LogP contribution is 2.11. The Kier molecular flexibility index (Phi) is 55.8. The fourth-order valence-corrected chi connectivity index (χ4v) is 10.7. The second-order valence-electron chi connectivity index (χ2n) is 27.8. The lowest BCUT2D eigenvalue weighted by atomic mass is 10.1. The van der Waals surface area contributed by atoms with Gasteiger partial charge in [-0.25, -0.2) is 4.79 Å². The largest absolute Gasteiger partial charge is 0.480 e. The van der Waals surface area contributed by atoms with Crippen molar-refractivity contribution in [1.29, 1.82) is 0 Å². The molecule has 0 fully saturated rings. The number of unbranched alkanes of at least 4 members (excludes halogenated alkanes) is 4. The first-order valence-electron chi connectivity index (χ1n) is 39.3. The van der Waals surface area contributed by atoms with Crippen LogP contribution in [0.15, 0.2) is 15.0 Å². The standard InChI is InChI=1S/C69H130N30O21/c1-36(56(109)96-46(21-14-28-82-68(77)78)61(114)90-37(2)54(107)94-44(18-7-11-25-72)60(113)89-38(3)55(108)95-45(19-8-12-26-73)62(115)98-48(35-101)64(117)97-47(66(119)120)22-15-29-83-69(79)80)88-59(112)42(16-5-9-23-70)92-50(104)31-84-49(103)30-87-65(118)53(39(4)102)99-63(116)43(17-6-10-24-71)93-52(106)33-86-58(111)41(20-13-27-81-67(75)76)91-51(105)32-85-57(110)40(74)34-100/h36-48,53,100-102H,5-35,70-74H2,1-4H3,(H,84,103)(H,85,110)(H,86,111)(H,87,118)(H,88,112)(H,89,113)(H,90,114)(H,91,105)(H,92,104)(H,93,106)(H,94,107)(H,95,108)(H,96,109)(H,97,117)(H,98,115)(H,99,116)(H,119,120)(H4,75,76,81)(H4,77,78,82)(H4,79,80,83)/t36-,37-,38-,39+,40-,41-,42-,43-,44-,45-,46-,47-,48-,53-/m0/s1. The molecule has 0 heterocycles. The lowest BCUT2D eigenvalue weighted by Crippen LogP contribution is -2.60. The smallest absolute Gasteiger partial charge is 0.326 e. The summed E-state index contributed by atoms with van der Waals surface area (Å²) in [5, 5.41) is 77.8. The van der Waals surface area contributed by atoms with E-state index in [1.165, 1.54) is 20.8 Å². The van der Waals surface area contributed by atoms with E-state index in [0.29, 0.717) is 25.7 Å². The van der Waals surface area contributed by atoms with Crippen LogP contribution < -0.4 is 148 Å². The molecule has 0 saturated carbocycles. The molecule has 682 valence electrons. The molecule has 0 saturated heterocycles. The molecule has 14 atom stereocenters. The molecular weight excluding hydrogens is 1580 g/mol. The Bertz CT molecular complexity index is 3400. The number of carbonyl (C=O) groups excluding carboxylic acids is 16. The minimum Gasteiger partial charge on any atom is -0.480 e. The van der Waals surface area contributed by atoms with Crippen molar-refractivity contribution in [1.82, 2.24) is 85.1 Å². The maximum Gasteiger partial charge on any atom is 0.326 e. The number of aliphatic imine (C=N–C) groups is 3. The van der Waals surface area contributed by atoms with Crippen LogP contribution in [0, 0.1) is 0 Å². The van der Waals surface area contributed by atoms with E-state index in [2.05, 4.69) is 100 Å². The molecule has 51 nitrogen and oxygen atoms in total. The van der Waals surface area contributed by atoms with Crippen molar-refractivity contribution in [3.05, 3.63) is 0 Å². The number of aliphatic hydroxyl groups is 3. The van der Waals surface area contributed by atoms with Crippen LogP contribution in [0.2, 0.25) is 0 Å². The Morgan fingerprint density at radius 3 is 0.883 bits per heavy atom. The molecule has 51 heteroatoms. The van der Waals surface area contributed by atoms with Gasteiger partial charge in [-0.2, -0.15) is 0 Å². The molecule has 0 aromatic rings. The highest BCUT2D eigenvalue weighted by Gasteiger charge is 2.36. The second-order valence-corrected chi connectivity index (χ2v) is 27.8. The van der Waals surface area contributed by atoms with Crippen LogP contribution in [-0.4, -0.2) is 309 Å². The molecule has 0 bridgehead atoms. The average Bonchev–Trinajstić information content (AvgIpc) is 0.869. The van der Waals surface area contributed by atoms with E-state index in [9.17, 15) is 96.8 Å². The number of carboxylic acid groups (broad SMARTS) is 1. The molecule has 42 N–H and O–H groups in total. The third-order valence-corrected chi connectivity index (χ3v) is 17.5. The highest BCUT2D eigenvalue weighted by atomic mass is 16.4. The summed E-state index contributed by atoms with van der Waals surface area (Å²) in [6.07, 6.45) is 0.760. The molecule has 0 aliphatic carbocycles. The van der Waals surface area contributed by atoms with E-state index < -0.39 is 225 Å². The van der Waals surface area contributed by atoms with Gasteiger partial charge < -0.3 is 169 Å². The minimum absolute atomic E-state index is 0.0376. The number of hydrogen-bond acceptors (Lipinski definition) is 28. The fourth-order valence-electron chi connectivity index (χ4n) is 10.7. The molecule has 0 rings (SSSR count). The van der Waals surface area contributed by atoms with Crippen molar-refractivity contribution < 1.29 is 102 Å². The lowest BCUT2D eigenvalue weighted by molar-refractivity contribution is -0.143. The summed E-state index contributed by atoms with van der Waals surface area (Å²) in [5.74, 6) is -17.2. The Hall–Kier alpha value is -11.5. The molecule has 0 aromatic heterocycles. The van der Waals surface area contributed by atoms with E-state index >= 15 is 0 Å². The lowest BCUT2D eigenvalue weighted by Gasteiger charge is -2.26. The number of nitrogens with two attached hydrogens (primary N) is 11. The van der Waals surface area contributed by atoms with E-state index in [-0.39, 0.29) is 154 Å². The number of carbonyl (C=O) groups is 17. The van der Waals surface area contributed by atoms with Gasteiger partial charge in [-0.1, -0.05) is 0 Å². The van der Waals surface area contributed by atoms with Crippen molar-refractivity contribution in [3.8, 4) is 0 Å². The maximum absolute atomic E-state index is 14.1. The highest BCUT2D eigenvalue weighted by molar-refractivity contribution is 6.00. The Morgan fingerprint density at radius 1 is 0.292 bits per heavy atom. The third-order valence-electron chi connectivity index (χ3n) is 17.5. The zero-order valence-electron chi connectivity index (χ0n) is 68.4. The van der Waals surface area contributed by atoms with E-state index in [0.717, 1.165) is 6.92 Å². The SMILES string of the molecule is C[C@H](NC(=O)[C@H](CCCCN)NC(=O)CNC(=O)CNC(=O)[C@@H](NC(=O)[C@H](CCCCN)NC(=O)CNC(=O)[C@H](CCCN=C(N)N)NC(=O)CNC(=O)[C@@H](N)CO)[C@@H](C)O)C(=O)N[C@@H](CCCN=C(N)N)C(=O)N[C@@H](C)C(=O)N[C@@H](CCCCN)C(=O)N[C@@H](C)C(=O)N[C@@H](CCCCN)C(=O)N[C@@H](CO)C(=O)N[C@@H](CCCN=C(N)N)C(=O)O. The van der Waals surface area contributed by atoms with E-state index in [1.807, 2.05) is 0 Å². The number of rotatable bonds is 64. The van der Waals surface area contributed by atoms with Gasteiger partial charge >= 0.3 is 5.97 Å². The minimum atomic E-state index is -1.75. The molecule has 0 unspecified atom stereocenters. The van der Waals surface area contributed by atoms with Crippen molar-refractivity contribution in [2.45, 2.75) is 228 Å². The summed E-state index contributed by atoms with van der Waals surface area (Å²) in [7, 11) is 0. The molecule has 120 heavy (non-hydrogen) atoms. The molecule has 0 radical (unpaired) electrons. The number of aliphatic carboxylic acids is 1. The van der Waals surface area contributed by atoms with Gasteiger partial charge in [0.25, 0.3) is 0 Å². The number of carboxylic acids is 1. The van der Waals surface area contributed by atoms with Crippen molar-refractivity contribution in [3.63, 3.8) is 0 Å². The van der Waals surface area contributed by atoms with E-state index in [1.54, 1.807) is 0 Å². The summed E-state index contributed by atoms with van der Waals surface area (Å²) in [5.41, 5.74) is 60.6. The molecule has 0 aliphatic heterocycles. The van der Waals surface area contributed by atoms with E-state index in [4.69, 9.17) is 68.2 Å². The number of nitrogens with zero attached hydrogens (tertiary/aromatic N) is 3. The van der Waals surface area contributed by atoms with Gasteiger partial charge in [0.15, 0.2) is 17.9 Å². The summed E-state index contributed by atoms with van der Waals surface area (Å²) in [6, 6.07) is -18.8. The van der Waals surface area contributed by atoms with Gasteiger partial charge in [-0.05, 0) is 169 Å².